The molecule has 1 aromatic rings. The van der Waals surface area contributed by atoms with E-state index in [1.54, 1.807) is 0 Å². The number of amides is 1. The Kier molecular flexibility index (Phi) is 7.11. The molecule has 1 aromatic carbocycles. The van der Waals surface area contributed by atoms with Crippen molar-refractivity contribution in [2.75, 3.05) is 26.2 Å². The Morgan fingerprint density at radius 3 is 2.39 bits per heavy atom. The summed E-state index contributed by atoms with van der Waals surface area (Å²) in [7, 11) is 0. The largest absolute Gasteiger partial charge is 0.352 e. The number of nitrogens with zero attached hydrogens (tertiary/aromatic N) is 1. The molecule has 1 N–H and O–H groups in total. The molecule has 1 amide bonds. The first-order chi connectivity index (χ1) is 8.77. The van der Waals surface area contributed by atoms with E-state index in [0.29, 0.717) is 0 Å². The molecular formula is C15H24N2O. The van der Waals surface area contributed by atoms with Crippen LogP contribution < -0.4 is 5.32 Å². The molecule has 0 aliphatic rings. The molecule has 0 saturated carbocycles. The van der Waals surface area contributed by atoms with Crippen LogP contribution in [-0.4, -0.2) is 37.0 Å². The van der Waals surface area contributed by atoms with Gasteiger partial charge in [0.15, 0.2) is 0 Å². The summed E-state index contributed by atoms with van der Waals surface area (Å²) in [6, 6.07) is 9.36. The number of nitrogens with one attached hydrogen (secondary N) is 1. The minimum Gasteiger partial charge on any atom is -0.352 e. The van der Waals surface area contributed by atoms with Crippen LogP contribution in [0.25, 0.3) is 0 Å². The molecule has 18 heavy (non-hydrogen) atoms. The fourth-order valence-corrected chi connectivity index (χ4v) is 1.89. The van der Waals surface area contributed by atoms with Gasteiger partial charge in [0.2, 0.25) is 0 Å². The summed E-state index contributed by atoms with van der Waals surface area (Å²) in [5, 5.41) is 2.95. The summed E-state index contributed by atoms with van der Waals surface area (Å²) >= 11 is 0. The summed E-state index contributed by atoms with van der Waals surface area (Å²) in [6.07, 6.45) is 2.17. The monoisotopic (exact) mass is 248 g/mol. The van der Waals surface area contributed by atoms with Crippen LogP contribution in [0.3, 0.4) is 0 Å². The highest BCUT2D eigenvalue weighted by Crippen LogP contribution is 1.98. The standard InChI is InChI=1S/C15H24N2O/c1-3-17(4-2)13-9-8-12-16-15(18)14-10-6-5-7-11-14/h5-7,10-11H,3-4,8-9,12-13H2,1-2H3,(H,16,18). The van der Waals surface area contributed by atoms with Crippen LogP contribution in [-0.2, 0) is 0 Å². The van der Waals surface area contributed by atoms with E-state index >= 15 is 0 Å². The zero-order valence-electron chi connectivity index (χ0n) is 11.5. The lowest BCUT2D eigenvalue weighted by molar-refractivity contribution is 0.0952. The Morgan fingerprint density at radius 2 is 1.78 bits per heavy atom. The van der Waals surface area contributed by atoms with Gasteiger partial charge in [-0.3, -0.25) is 4.79 Å². The van der Waals surface area contributed by atoms with Crippen molar-refractivity contribution in [1.29, 1.82) is 0 Å². The number of rotatable bonds is 8. The van der Waals surface area contributed by atoms with Gasteiger partial charge in [-0.15, -0.1) is 0 Å². The third kappa shape index (κ3) is 5.32. The molecule has 0 radical (unpaired) electrons. The maximum absolute atomic E-state index is 11.7. The van der Waals surface area contributed by atoms with Crippen molar-refractivity contribution >= 4 is 5.91 Å². The third-order valence-corrected chi connectivity index (χ3v) is 3.12. The highest BCUT2D eigenvalue weighted by molar-refractivity contribution is 5.94. The number of hydrogen-bond donors (Lipinski definition) is 1. The van der Waals surface area contributed by atoms with Crippen LogP contribution in [0.2, 0.25) is 0 Å². The van der Waals surface area contributed by atoms with Crippen molar-refractivity contribution in [3.8, 4) is 0 Å². The smallest absolute Gasteiger partial charge is 0.251 e. The summed E-state index contributed by atoms with van der Waals surface area (Å²) < 4.78 is 0. The van der Waals surface area contributed by atoms with Gasteiger partial charge < -0.3 is 10.2 Å². The number of carbonyl (C=O) groups excluding carboxylic acids is 1. The molecule has 1 rings (SSSR count). The summed E-state index contributed by atoms with van der Waals surface area (Å²) in [6.45, 7) is 8.45. The molecule has 0 unspecified atom stereocenters. The Labute approximate surface area is 110 Å². The SMILES string of the molecule is CCN(CC)CCCCNC(=O)c1ccccc1. The topological polar surface area (TPSA) is 32.3 Å². The van der Waals surface area contributed by atoms with E-state index < -0.39 is 0 Å². The van der Waals surface area contributed by atoms with Crippen LogP contribution in [0.5, 0.6) is 0 Å². The summed E-state index contributed by atoms with van der Waals surface area (Å²) in [5.74, 6) is 0.0263. The van der Waals surface area contributed by atoms with Gasteiger partial charge in [0, 0.05) is 12.1 Å². The van der Waals surface area contributed by atoms with E-state index in [4.69, 9.17) is 0 Å². The van der Waals surface area contributed by atoms with Gasteiger partial charge in [0.05, 0.1) is 0 Å². The van der Waals surface area contributed by atoms with Crippen molar-refractivity contribution in [3.05, 3.63) is 35.9 Å². The van der Waals surface area contributed by atoms with Crippen molar-refractivity contribution in [2.45, 2.75) is 26.7 Å². The Balaban J connectivity index is 2.13. The van der Waals surface area contributed by atoms with E-state index in [2.05, 4.69) is 24.1 Å². The van der Waals surface area contributed by atoms with Crippen molar-refractivity contribution in [2.24, 2.45) is 0 Å². The lowest BCUT2D eigenvalue weighted by Crippen LogP contribution is -2.27. The first kappa shape index (κ1) is 14.7. The van der Waals surface area contributed by atoms with Gasteiger partial charge in [0.1, 0.15) is 0 Å². The van der Waals surface area contributed by atoms with Crippen LogP contribution in [0.4, 0.5) is 0 Å². The van der Waals surface area contributed by atoms with Crippen LogP contribution >= 0.6 is 0 Å². The van der Waals surface area contributed by atoms with E-state index in [-0.39, 0.29) is 5.91 Å². The summed E-state index contributed by atoms with van der Waals surface area (Å²) in [4.78, 5) is 14.1. The van der Waals surface area contributed by atoms with Gasteiger partial charge in [-0.1, -0.05) is 32.0 Å². The predicted octanol–water partition coefficient (Wildman–Crippen LogP) is 2.54. The molecule has 0 atom stereocenters. The molecule has 3 heteroatoms. The molecule has 100 valence electrons. The van der Waals surface area contributed by atoms with Gasteiger partial charge in [-0.05, 0) is 44.6 Å². The van der Waals surface area contributed by atoms with Gasteiger partial charge in [0.25, 0.3) is 5.91 Å². The second kappa shape index (κ2) is 8.70. The van der Waals surface area contributed by atoms with E-state index in [1.165, 1.54) is 0 Å². The number of hydrogen-bond acceptors (Lipinski definition) is 2. The zero-order valence-corrected chi connectivity index (χ0v) is 11.5. The van der Waals surface area contributed by atoms with E-state index in [0.717, 1.165) is 44.6 Å². The second-order valence-corrected chi connectivity index (χ2v) is 4.36. The van der Waals surface area contributed by atoms with Crippen molar-refractivity contribution < 1.29 is 4.79 Å². The molecule has 3 nitrogen and oxygen atoms in total. The molecule has 0 aliphatic carbocycles. The minimum absolute atomic E-state index is 0.0263. The van der Waals surface area contributed by atoms with Crippen molar-refractivity contribution in [1.82, 2.24) is 10.2 Å². The Hall–Kier alpha value is -1.35. The van der Waals surface area contributed by atoms with Crippen LogP contribution in [0.15, 0.2) is 30.3 Å². The number of unbranched alkanes of at least 4 members (excludes halogenated alkanes) is 1. The Bertz CT molecular complexity index is 334. The van der Waals surface area contributed by atoms with Gasteiger partial charge in [-0.25, -0.2) is 0 Å². The first-order valence-corrected chi connectivity index (χ1v) is 6.83. The maximum Gasteiger partial charge on any atom is 0.251 e. The highest BCUT2D eigenvalue weighted by Gasteiger charge is 2.03. The normalized spacial score (nSPS) is 10.6. The molecule has 0 bridgehead atoms. The van der Waals surface area contributed by atoms with Gasteiger partial charge in [-0.2, -0.15) is 0 Å². The molecule has 0 aliphatic heterocycles. The average Bonchev–Trinajstić information content (AvgIpc) is 2.43. The number of carbonyl (C=O) groups is 1. The van der Waals surface area contributed by atoms with Gasteiger partial charge >= 0.3 is 0 Å². The van der Waals surface area contributed by atoms with Crippen LogP contribution in [0.1, 0.15) is 37.0 Å². The quantitative estimate of drug-likeness (QED) is 0.717. The first-order valence-electron chi connectivity index (χ1n) is 6.83. The Morgan fingerprint density at radius 1 is 1.11 bits per heavy atom. The predicted molar refractivity (Wildman–Crippen MR) is 75.8 cm³/mol. The molecule has 0 saturated heterocycles. The molecule has 0 aromatic heterocycles. The lowest BCUT2D eigenvalue weighted by atomic mass is 10.2. The third-order valence-electron chi connectivity index (χ3n) is 3.12. The highest BCUT2D eigenvalue weighted by atomic mass is 16.1. The molecule has 0 heterocycles. The van der Waals surface area contributed by atoms with Crippen LogP contribution in [0, 0.1) is 0 Å². The lowest BCUT2D eigenvalue weighted by Gasteiger charge is -2.17. The minimum atomic E-state index is 0.0263. The molecular weight excluding hydrogens is 224 g/mol. The fraction of sp³-hybridized carbons (Fsp3) is 0.533. The molecule has 0 spiro atoms. The fourth-order valence-electron chi connectivity index (χ4n) is 1.89. The maximum atomic E-state index is 11.7. The second-order valence-electron chi connectivity index (χ2n) is 4.36. The zero-order chi connectivity index (χ0) is 13.2. The molecule has 0 fully saturated rings. The van der Waals surface area contributed by atoms with E-state index in [1.807, 2.05) is 30.3 Å². The van der Waals surface area contributed by atoms with Crippen molar-refractivity contribution in [3.63, 3.8) is 0 Å². The number of benzene rings is 1. The average molecular weight is 248 g/mol. The van der Waals surface area contributed by atoms with E-state index in [9.17, 15) is 4.79 Å². The summed E-state index contributed by atoms with van der Waals surface area (Å²) in [5.41, 5.74) is 0.737.